The van der Waals surface area contributed by atoms with Gasteiger partial charge in [0.2, 0.25) is 0 Å². The molecule has 8 heteroatoms. The van der Waals surface area contributed by atoms with Gasteiger partial charge in [0, 0.05) is 24.5 Å². The van der Waals surface area contributed by atoms with E-state index in [-0.39, 0.29) is 30.6 Å². The minimum absolute atomic E-state index is 0. The Morgan fingerprint density at radius 2 is 1.67 bits per heavy atom. The summed E-state index contributed by atoms with van der Waals surface area (Å²) >= 11 is 0. The monoisotopic (exact) mass is 340 g/mol. The molecule has 0 saturated carbocycles. The lowest BCUT2D eigenvalue weighted by Crippen LogP contribution is -2.16. The van der Waals surface area contributed by atoms with Crippen molar-refractivity contribution in [2.75, 3.05) is 0 Å². The first kappa shape index (κ1) is 19.5. The third-order valence-electron chi connectivity index (χ3n) is 2.53. The fourth-order valence-electron chi connectivity index (χ4n) is 1.70. The third kappa shape index (κ3) is 5.41. The zero-order valence-corrected chi connectivity index (χ0v) is 12.3. The summed E-state index contributed by atoms with van der Waals surface area (Å²) in [6.07, 6.45) is -1.44. The van der Waals surface area contributed by atoms with Gasteiger partial charge in [-0.25, -0.2) is 0 Å². The van der Waals surface area contributed by atoms with E-state index in [1.54, 1.807) is 18.5 Å². The molecule has 0 aliphatic carbocycles. The summed E-state index contributed by atoms with van der Waals surface area (Å²) in [7, 11) is 0. The number of pyridine rings is 1. The number of ether oxygens (including phenoxy) is 1. The number of rotatable bonds is 3. The molecule has 0 fully saturated rings. The molecule has 116 valence electrons. The first-order chi connectivity index (χ1) is 8.99. The average Bonchev–Trinajstić information content (AvgIpc) is 2.38. The molecule has 0 radical (unpaired) electrons. The van der Waals surface area contributed by atoms with E-state index in [4.69, 9.17) is 5.73 Å². The molecule has 1 aromatic heterocycles. The van der Waals surface area contributed by atoms with Crippen molar-refractivity contribution in [3.63, 3.8) is 0 Å². The minimum Gasteiger partial charge on any atom is -0.406 e. The van der Waals surface area contributed by atoms with Crippen molar-refractivity contribution in [1.82, 2.24) is 4.98 Å². The summed E-state index contributed by atoms with van der Waals surface area (Å²) in [6.45, 7) is 0.332. The van der Waals surface area contributed by atoms with Gasteiger partial charge >= 0.3 is 6.36 Å². The Labute approximate surface area is 132 Å². The van der Waals surface area contributed by atoms with E-state index in [1.165, 1.54) is 24.3 Å². The molecule has 1 aromatic carbocycles. The molecular weight excluding hydrogens is 328 g/mol. The van der Waals surface area contributed by atoms with E-state index in [0.717, 1.165) is 16.7 Å². The van der Waals surface area contributed by atoms with Gasteiger partial charge in [-0.15, -0.1) is 38.0 Å². The van der Waals surface area contributed by atoms with Crippen molar-refractivity contribution in [2.24, 2.45) is 5.73 Å². The Hall–Kier alpha value is -1.50. The molecule has 21 heavy (non-hydrogen) atoms. The van der Waals surface area contributed by atoms with E-state index in [0.29, 0.717) is 6.54 Å². The summed E-state index contributed by atoms with van der Waals surface area (Å²) in [6, 6.07) is 7.37. The van der Waals surface area contributed by atoms with Crippen molar-refractivity contribution < 1.29 is 17.9 Å². The number of aromatic nitrogens is 1. The predicted molar refractivity (Wildman–Crippen MR) is 78.7 cm³/mol. The maximum Gasteiger partial charge on any atom is 0.573 e. The van der Waals surface area contributed by atoms with E-state index < -0.39 is 6.36 Å². The van der Waals surface area contributed by atoms with Crippen LogP contribution < -0.4 is 10.5 Å². The molecule has 3 nitrogen and oxygen atoms in total. The van der Waals surface area contributed by atoms with Gasteiger partial charge in [-0.2, -0.15) is 0 Å². The topological polar surface area (TPSA) is 48.1 Å². The quantitative estimate of drug-likeness (QED) is 0.920. The third-order valence-corrected chi connectivity index (χ3v) is 2.53. The van der Waals surface area contributed by atoms with Gasteiger partial charge < -0.3 is 10.5 Å². The van der Waals surface area contributed by atoms with Crippen LogP contribution in [0.2, 0.25) is 0 Å². The van der Waals surface area contributed by atoms with Gasteiger partial charge in [0.15, 0.2) is 0 Å². The summed E-state index contributed by atoms with van der Waals surface area (Å²) < 4.78 is 39.9. The van der Waals surface area contributed by atoms with Crippen LogP contribution in [-0.2, 0) is 6.54 Å². The van der Waals surface area contributed by atoms with Crippen LogP contribution in [-0.4, -0.2) is 11.3 Å². The standard InChI is InChI=1S/C13H11F3N2O.2ClH/c14-13(15,16)19-11-3-1-9(2-4-11)12-8-18-6-5-10(12)7-17;;/h1-6,8H,7,17H2;2*1H. The van der Waals surface area contributed by atoms with Gasteiger partial charge in [-0.3, -0.25) is 4.98 Å². The molecule has 0 amide bonds. The molecule has 0 spiro atoms. The van der Waals surface area contributed by atoms with E-state index in [9.17, 15) is 13.2 Å². The van der Waals surface area contributed by atoms with Crippen LogP contribution in [0.4, 0.5) is 13.2 Å². The number of hydrogen-bond acceptors (Lipinski definition) is 3. The Bertz CT molecular complexity index is 562. The van der Waals surface area contributed by atoms with Crippen LogP contribution >= 0.6 is 24.8 Å². The minimum atomic E-state index is -4.68. The number of hydrogen-bond donors (Lipinski definition) is 1. The van der Waals surface area contributed by atoms with Gasteiger partial charge in [0.1, 0.15) is 5.75 Å². The lowest BCUT2D eigenvalue weighted by atomic mass is 10.0. The molecule has 0 atom stereocenters. The Morgan fingerprint density at radius 3 is 2.19 bits per heavy atom. The first-order valence-corrected chi connectivity index (χ1v) is 5.49. The first-order valence-electron chi connectivity index (χ1n) is 5.49. The SMILES string of the molecule is Cl.Cl.NCc1ccncc1-c1ccc(OC(F)(F)F)cc1. The highest BCUT2D eigenvalue weighted by Crippen LogP contribution is 2.27. The lowest BCUT2D eigenvalue weighted by Gasteiger charge is -2.10. The number of nitrogens with zero attached hydrogens (tertiary/aromatic N) is 1. The van der Waals surface area contributed by atoms with Gasteiger partial charge in [0.25, 0.3) is 0 Å². The van der Waals surface area contributed by atoms with Crippen molar-refractivity contribution >= 4 is 24.8 Å². The lowest BCUT2D eigenvalue weighted by molar-refractivity contribution is -0.274. The molecule has 0 bridgehead atoms. The van der Waals surface area contributed by atoms with Gasteiger partial charge in [-0.1, -0.05) is 12.1 Å². The second kappa shape index (κ2) is 8.07. The number of benzene rings is 1. The van der Waals surface area contributed by atoms with Crippen LogP contribution in [0.1, 0.15) is 5.56 Å². The highest BCUT2D eigenvalue weighted by Gasteiger charge is 2.30. The highest BCUT2D eigenvalue weighted by atomic mass is 35.5. The van der Waals surface area contributed by atoms with Crippen LogP contribution in [0.5, 0.6) is 5.75 Å². The summed E-state index contributed by atoms with van der Waals surface area (Å²) in [5, 5.41) is 0. The van der Waals surface area contributed by atoms with Crippen molar-refractivity contribution in [2.45, 2.75) is 12.9 Å². The zero-order valence-electron chi connectivity index (χ0n) is 10.6. The van der Waals surface area contributed by atoms with Crippen LogP contribution in [0.3, 0.4) is 0 Å². The molecular formula is C13H13Cl2F3N2O. The highest BCUT2D eigenvalue weighted by molar-refractivity contribution is 5.85. The van der Waals surface area contributed by atoms with E-state index >= 15 is 0 Å². The summed E-state index contributed by atoms with van der Waals surface area (Å²) in [4.78, 5) is 3.98. The molecule has 0 unspecified atom stereocenters. The smallest absolute Gasteiger partial charge is 0.406 e. The second-order valence-corrected chi connectivity index (χ2v) is 3.81. The maximum atomic E-state index is 12.0. The van der Waals surface area contributed by atoms with Crippen molar-refractivity contribution in [3.05, 3.63) is 48.3 Å². The van der Waals surface area contributed by atoms with E-state index in [1.807, 2.05) is 0 Å². The number of halogens is 5. The van der Waals surface area contributed by atoms with Crippen LogP contribution in [0, 0.1) is 0 Å². The normalized spacial score (nSPS) is 10.3. The average molecular weight is 341 g/mol. The second-order valence-electron chi connectivity index (χ2n) is 3.81. The molecule has 0 aliphatic heterocycles. The van der Waals surface area contributed by atoms with Gasteiger partial charge in [-0.05, 0) is 29.3 Å². The largest absolute Gasteiger partial charge is 0.573 e. The Balaban J connectivity index is 0.00000200. The van der Waals surface area contributed by atoms with E-state index in [2.05, 4.69) is 9.72 Å². The molecule has 2 rings (SSSR count). The molecule has 2 aromatic rings. The fraction of sp³-hybridized carbons (Fsp3) is 0.154. The zero-order chi connectivity index (χ0) is 13.9. The molecule has 0 saturated heterocycles. The maximum absolute atomic E-state index is 12.0. The number of nitrogens with two attached hydrogens (primary N) is 1. The van der Waals surface area contributed by atoms with Crippen molar-refractivity contribution in [1.29, 1.82) is 0 Å². The van der Waals surface area contributed by atoms with Gasteiger partial charge in [0.05, 0.1) is 0 Å². The predicted octanol–water partition coefficient (Wildman–Crippen LogP) is 3.95. The van der Waals surface area contributed by atoms with Crippen LogP contribution in [0.15, 0.2) is 42.7 Å². The molecule has 2 N–H and O–H groups in total. The fourth-order valence-corrected chi connectivity index (χ4v) is 1.70. The number of alkyl halides is 3. The van der Waals surface area contributed by atoms with Crippen molar-refractivity contribution in [3.8, 4) is 16.9 Å². The Kier molecular flexibility index (Phi) is 7.49. The Morgan fingerprint density at radius 1 is 1.05 bits per heavy atom. The molecule has 0 aliphatic rings. The molecule has 1 heterocycles. The summed E-state index contributed by atoms with van der Waals surface area (Å²) in [5.74, 6) is -0.255. The summed E-state index contributed by atoms with van der Waals surface area (Å²) in [5.41, 5.74) is 8.01. The van der Waals surface area contributed by atoms with Crippen LogP contribution in [0.25, 0.3) is 11.1 Å².